The zero-order chi connectivity index (χ0) is 24.0. The fraction of sp³-hybridized carbons (Fsp3) is 0.320. The molecule has 1 amide bonds. The molecule has 2 fully saturated rings. The van der Waals surface area contributed by atoms with Gasteiger partial charge in [-0.25, -0.2) is 18.2 Å². The van der Waals surface area contributed by atoms with Crippen LogP contribution in [-0.4, -0.2) is 22.0 Å². The molecule has 3 heterocycles. The lowest BCUT2D eigenvalue weighted by molar-refractivity contribution is -0.148. The zero-order valence-electron chi connectivity index (χ0n) is 18.2. The second-order valence-electron chi connectivity index (χ2n) is 8.85. The molecular formula is C25H23F3N4O2. The smallest absolute Gasteiger partial charge is 0.267 e. The van der Waals surface area contributed by atoms with Crippen molar-refractivity contribution in [2.45, 2.75) is 43.9 Å². The van der Waals surface area contributed by atoms with Crippen LogP contribution in [0.4, 0.5) is 13.2 Å². The fourth-order valence-electron chi connectivity index (χ4n) is 5.22. The maximum atomic E-state index is 16.4. The van der Waals surface area contributed by atoms with Crippen LogP contribution in [0, 0.1) is 23.4 Å². The van der Waals surface area contributed by atoms with E-state index in [1.807, 2.05) is 0 Å². The molecule has 1 aliphatic heterocycles. The van der Waals surface area contributed by atoms with E-state index in [0.29, 0.717) is 17.9 Å². The number of ether oxygens (including phenoxy) is 1. The van der Waals surface area contributed by atoms with E-state index in [1.54, 1.807) is 12.1 Å². The summed E-state index contributed by atoms with van der Waals surface area (Å²) in [5, 5.41) is 0. The number of nitrogens with zero attached hydrogens (tertiary/aromatic N) is 2. The van der Waals surface area contributed by atoms with Crippen molar-refractivity contribution in [2.75, 3.05) is 0 Å². The Labute approximate surface area is 194 Å². The topological polar surface area (TPSA) is 104 Å². The van der Waals surface area contributed by atoms with E-state index in [9.17, 15) is 13.6 Å². The van der Waals surface area contributed by atoms with Crippen molar-refractivity contribution in [2.24, 2.45) is 17.4 Å². The van der Waals surface area contributed by atoms with E-state index < -0.39 is 40.3 Å². The predicted molar refractivity (Wildman–Crippen MR) is 119 cm³/mol. The van der Waals surface area contributed by atoms with Gasteiger partial charge in [0.25, 0.3) is 5.91 Å². The highest BCUT2D eigenvalue weighted by Crippen LogP contribution is 2.48. The summed E-state index contributed by atoms with van der Waals surface area (Å²) in [5.41, 5.74) is 9.07. The molecule has 1 saturated heterocycles. The maximum absolute atomic E-state index is 16.4. The van der Waals surface area contributed by atoms with E-state index in [2.05, 4.69) is 9.97 Å². The highest BCUT2D eigenvalue weighted by Gasteiger charge is 2.46. The molecule has 34 heavy (non-hydrogen) atoms. The molecule has 1 aliphatic carbocycles. The van der Waals surface area contributed by atoms with Gasteiger partial charge in [-0.1, -0.05) is 18.6 Å². The quantitative estimate of drug-likeness (QED) is 0.590. The van der Waals surface area contributed by atoms with Gasteiger partial charge in [0, 0.05) is 29.1 Å². The largest absolute Gasteiger partial charge is 0.364 e. The Morgan fingerprint density at radius 2 is 1.82 bits per heavy atom. The Kier molecular flexibility index (Phi) is 5.61. The van der Waals surface area contributed by atoms with Gasteiger partial charge in [0.2, 0.25) is 0 Å². The van der Waals surface area contributed by atoms with E-state index in [4.69, 9.17) is 16.2 Å². The molecule has 5 rings (SSSR count). The number of hydrogen-bond acceptors (Lipinski definition) is 5. The summed E-state index contributed by atoms with van der Waals surface area (Å²) in [6.45, 7) is 0. The number of fused-ring (bicyclic) bond motifs is 1. The van der Waals surface area contributed by atoms with Gasteiger partial charge in [-0.15, -0.1) is 0 Å². The van der Waals surface area contributed by atoms with Crippen LogP contribution in [0.1, 0.15) is 48.2 Å². The molecule has 0 radical (unpaired) electrons. The summed E-state index contributed by atoms with van der Waals surface area (Å²) in [6.07, 6.45) is 6.42. The van der Waals surface area contributed by atoms with Crippen LogP contribution in [0.15, 0.2) is 42.7 Å². The number of aromatic nitrogens is 2. The van der Waals surface area contributed by atoms with Crippen molar-refractivity contribution >= 4 is 5.91 Å². The second kappa shape index (κ2) is 8.48. The number of benzene rings is 1. The molecular weight excluding hydrogens is 445 g/mol. The molecule has 0 bridgehead atoms. The zero-order valence-corrected chi connectivity index (χ0v) is 18.2. The van der Waals surface area contributed by atoms with Gasteiger partial charge in [0.15, 0.2) is 5.82 Å². The number of halogens is 3. The third-order valence-corrected chi connectivity index (χ3v) is 6.78. The summed E-state index contributed by atoms with van der Waals surface area (Å²) in [6, 6.07) is 6.32. The number of amides is 1. The van der Waals surface area contributed by atoms with Crippen molar-refractivity contribution in [3.63, 3.8) is 0 Å². The van der Waals surface area contributed by atoms with Crippen molar-refractivity contribution < 1.29 is 22.7 Å². The van der Waals surface area contributed by atoms with Crippen LogP contribution in [0.2, 0.25) is 0 Å². The predicted octanol–water partition coefficient (Wildman–Crippen LogP) is 4.42. The van der Waals surface area contributed by atoms with Crippen molar-refractivity contribution in [3.8, 4) is 22.4 Å². The van der Waals surface area contributed by atoms with Crippen LogP contribution in [0.3, 0.4) is 0 Å². The highest BCUT2D eigenvalue weighted by molar-refractivity contribution is 5.99. The lowest BCUT2D eigenvalue weighted by Gasteiger charge is -2.42. The molecule has 3 atom stereocenters. The molecule has 2 aliphatic rings. The van der Waals surface area contributed by atoms with Gasteiger partial charge >= 0.3 is 0 Å². The molecule has 3 unspecified atom stereocenters. The molecule has 3 aromatic rings. The first kappa shape index (κ1) is 22.5. The third kappa shape index (κ3) is 3.65. The number of pyridine rings is 2. The molecule has 0 spiro atoms. The standard InChI is InChI=1S/C25H23F3N4O2/c26-15-6-2-7-16(27)19(15)22-21(28)20(25(30)10-9-13-4-1-8-17(13)34-25)18(23(32-22)24(29)33)14-5-3-11-31-12-14/h2-3,5-7,11-13,17H,1,4,8-10,30H2,(H2,29,33). The van der Waals surface area contributed by atoms with Crippen LogP contribution in [0.5, 0.6) is 0 Å². The Balaban J connectivity index is 1.84. The van der Waals surface area contributed by atoms with Crippen molar-refractivity contribution in [1.29, 1.82) is 0 Å². The monoisotopic (exact) mass is 468 g/mol. The Morgan fingerprint density at radius 1 is 1.06 bits per heavy atom. The number of hydrogen-bond donors (Lipinski definition) is 2. The van der Waals surface area contributed by atoms with Crippen LogP contribution in [0.25, 0.3) is 22.4 Å². The number of carbonyl (C=O) groups is 1. The summed E-state index contributed by atoms with van der Waals surface area (Å²) in [7, 11) is 0. The lowest BCUT2D eigenvalue weighted by Crippen LogP contribution is -2.49. The highest BCUT2D eigenvalue weighted by atomic mass is 19.1. The van der Waals surface area contributed by atoms with Crippen molar-refractivity contribution in [1.82, 2.24) is 9.97 Å². The average Bonchev–Trinajstić information content (AvgIpc) is 3.27. The SMILES string of the molecule is NC(=O)c1nc(-c2c(F)cccc2F)c(F)c(C2(N)CCC3CCCC3O2)c1-c1cccnc1. The molecule has 176 valence electrons. The lowest BCUT2D eigenvalue weighted by atomic mass is 9.83. The maximum Gasteiger partial charge on any atom is 0.267 e. The summed E-state index contributed by atoms with van der Waals surface area (Å²) in [5.74, 6) is -3.83. The average molecular weight is 468 g/mol. The fourth-order valence-corrected chi connectivity index (χ4v) is 5.22. The van der Waals surface area contributed by atoms with E-state index in [0.717, 1.165) is 37.5 Å². The Hall–Kier alpha value is -3.30. The first-order chi connectivity index (χ1) is 16.3. The summed E-state index contributed by atoms with van der Waals surface area (Å²) in [4.78, 5) is 20.6. The molecule has 6 nitrogen and oxygen atoms in total. The van der Waals surface area contributed by atoms with Crippen LogP contribution < -0.4 is 11.5 Å². The van der Waals surface area contributed by atoms with E-state index in [1.165, 1.54) is 12.4 Å². The summed E-state index contributed by atoms with van der Waals surface area (Å²) < 4.78 is 52.0. The normalized spacial score (nSPS) is 24.1. The minimum absolute atomic E-state index is 0.0116. The minimum Gasteiger partial charge on any atom is -0.364 e. The summed E-state index contributed by atoms with van der Waals surface area (Å²) >= 11 is 0. The van der Waals surface area contributed by atoms with Crippen LogP contribution >= 0.6 is 0 Å². The molecule has 2 aromatic heterocycles. The number of nitrogens with two attached hydrogens (primary N) is 2. The van der Waals surface area contributed by atoms with E-state index >= 15 is 4.39 Å². The Bertz CT molecular complexity index is 1250. The molecule has 1 aromatic carbocycles. The van der Waals surface area contributed by atoms with Gasteiger partial charge in [-0.3, -0.25) is 15.5 Å². The van der Waals surface area contributed by atoms with Gasteiger partial charge < -0.3 is 10.5 Å². The molecule has 9 heteroatoms. The number of primary amides is 1. The first-order valence-electron chi connectivity index (χ1n) is 11.2. The van der Waals surface area contributed by atoms with Gasteiger partial charge in [0.05, 0.1) is 11.7 Å². The van der Waals surface area contributed by atoms with Gasteiger partial charge in [-0.05, 0) is 49.8 Å². The number of carbonyl (C=O) groups excluding carboxylic acids is 1. The van der Waals surface area contributed by atoms with E-state index in [-0.39, 0.29) is 29.3 Å². The van der Waals surface area contributed by atoms with Crippen LogP contribution in [-0.2, 0) is 10.5 Å². The third-order valence-electron chi connectivity index (χ3n) is 6.78. The minimum atomic E-state index is -1.66. The molecule has 4 N–H and O–H groups in total. The van der Waals surface area contributed by atoms with Crippen molar-refractivity contribution in [3.05, 3.63) is 71.4 Å². The molecule has 1 saturated carbocycles. The van der Waals surface area contributed by atoms with Gasteiger partial charge in [-0.2, -0.15) is 0 Å². The Morgan fingerprint density at radius 3 is 2.50 bits per heavy atom. The second-order valence-corrected chi connectivity index (χ2v) is 8.85. The number of rotatable bonds is 4. The first-order valence-corrected chi connectivity index (χ1v) is 11.2. The van der Waals surface area contributed by atoms with Gasteiger partial charge in [0.1, 0.15) is 28.7 Å².